The van der Waals surface area contributed by atoms with Crippen LogP contribution in [0.25, 0.3) is 0 Å². The summed E-state index contributed by atoms with van der Waals surface area (Å²) in [7, 11) is 0. The van der Waals surface area contributed by atoms with Crippen molar-refractivity contribution in [2.45, 2.75) is 6.42 Å². The summed E-state index contributed by atoms with van der Waals surface area (Å²) in [5.41, 5.74) is 7.14. The number of nitrogens with one attached hydrogen (secondary N) is 1. The maximum absolute atomic E-state index is 11.8. The number of anilines is 2. The van der Waals surface area contributed by atoms with Gasteiger partial charge in [0.1, 0.15) is 5.75 Å². The van der Waals surface area contributed by atoms with Gasteiger partial charge in [-0.05, 0) is 34.1 Å². The average Bonchev–Trinajstić information content (AvgIpc) is 2.96. The van der Waals surface area contributed by atoms with Gasteiger partial charge < -0.3 is 15.8 Å². The zero-order valence-electron chi connectivity index (χ0n) is 9.34. The second kappa shape index (κ2) is 4.02. The quantitative estimate of drug-likeness (QED) is 0.813. The predicted octanol–water partition coefficient (Wildman–Crippen LogP) is 0.839. The van der Waals surface area contributed by atoms with Crippen LogP contribution in [-0.4, -0.2) is 22.8 Å². The summed E-state index contributed by atoms with van der Waals surface area (Å²) in [4.78, 5) is 11.8. The van der Waals surface area contributed by atoms with Crippen LogP contribution in [0, 0.1) is 0 Å². The molecule has 1 aromatic heterocycles. The highest BCUT2D eigenvalue weighted by Crippen LogP contribution is 2.28. The fourth-order valence-electron chi connectivity index (χ4n) is 1.81. The topological polar surface area (TPSA) is 103 Å². The Balaban J connectivity index is 1.81. The Morgan fingerprint density at radius 1 is 1.39 bits per heavy atom. The molecule has 0 radical (unpaired) electrons. The highest BCUT2D eigenvalue weighted by atomic mass is 16.6. The van der Waals surface area contributed by atoms with E-state index in [1.807, 2.05) is 12.1 Å². The van der Waals surface area contributed by atoms with Crippen molar-refractivity contribution in [2.75, 3.05) is 17.7 Å². The maximum atomic E-state index is 11.8. The van der Waals surface area contributed by atoms with E-state index in [-0.39, 0.29) is 11.5 Å². The third kappa shape index (κ3) is 1.75. The van der Waals surface area contributed by atoms with Crippen molar-refractivity contribution in [1.29, 1.82) is 0 Å². The first-order valence-corrected chi connectivity index (χ1v) is 5.39. The van der Waals surface area contributed by atoms with Gasteiger partial charge in [0.15, 0.2) is 0 Å². The van der Waals surface area contributed by atoms with Gasteiger partial charge in [-0.1, -0.05) is 0 Å². The zero-order chi connectivity index (χ0) is 12.5. The predicted molar refractivity (Wildman–Crippen MR) is 62.3 cm³/mol. The highest BCUT2D eigenvalue weighted by molar-refractivity contribution is 6.05. The number of rotatable bonds is 2. The lowest BCUT2D eigenvalue weighted by Crippen LogP contribution is -2.14. The van der Waals surface area contributed by atoms with Crippen molar-refractivity contribution in [3.05, 3.63) is 29.5 Å². The Labute approximate surface area is 102 Å². The van der Waals surface area contributed by atoms with Crippen LogP contribution < -0.4 is 15.8 Å². The van der Waals surface area contributed by atoms with E-state index in [2.05, 4.69) is 20.3 Å². The highest BCUT2D eigenvalue weighted by Gasteiger charge is 2.17. The van der Waals surface area contributed by atoms with Crippen molar-refractivity contribution in [1.82, 2.24) is 10.3 Å². The van der Waals surface area contributed by atoms with Gasteiger partial charge in [-0.3, -0.25) is 4.79 Å². The molecule has 0 spiro atoms. The molecule has 0 unspecified atom stereocenters. The summed E-state index contributed by atoms with van der Waals surface area (Å²) in [6, 6.07) is 5.44. The fourth-order valence-corrected chi connectivity index (χ4v) is 1.81. The van der Waals surface area contributed by atoms with Crippen LogP contribution in [0.15, 0.2) is 22.8 Å². The van der Waals surface area contributed by atoms with Crippen LogP contribution >= 0.6 is 0 Å². The molecular formula is C11H10N4O3. The van der Waals surface area contributed by atoms with E-state index in [0.717, 1.165) is 17.7 Å². The Kier molecular flexibility index (Phi) is 2.36. The summed E-state index contributed by atoms with van der Waals surface area (Å²) >= 11 is 0. The van der Waals surface area contributed by atoms with E-state index in [9.17, 15) is 4.79 Å². The molecule has 1 amide bonds. The van der Waals surface area contributed by atoms with Crippen molar-refractivity contribution in [3.8, 4) is 5.75 Å². The van der Waals surface area contributed by atoms with Crippen molar-refractivity contribution in [3.63, 3.8) is 0 Å². The van der Waals surface area contributed by atoms with Gasteiger partial charge in [-0.25, -0.2) is 4.63 Å². The van der Waals surface area contributed by atoms with Crippen LogP contribution in [0.4, 0.5) is 11.5 Å². The number of nitrogens with two attached hydrogens (primary N) is 1. The van der Waals surface area contributed by atoms with Gasteiger partial charge in [0.25, 0.3) is 5.91 Å². The second-order valence-corrected chi connectivity index (χ2v) is 3.87. The first kappa shape index (κ1) is 10.6. The molecule has 2 heterocycles. The number of carbonyl (C=O) groups is 1. The van der Waals surface area contributed by atoms with Crippen molar-refractivity contribution >= 4 is 17.4 Å². The van der Waals surface area contributed by atoms with E-state index in [1.165, 1.54) is 0 Å². The molecule has 0 saturated heterocycles. The van der Waals surface area contributed by atoms with Gasteiger partial charge in [-0.2, -0.15) is 0 Å². The Morgan fingerprint density at radius 3 is 3.06 bits per heavy atom. The summed E-state index contributed by atoms with van der Waals surface area (Å²) in [5.74, 6) is 0.375. The molecule has 1 aliphatic heterocycles. The number of nitrogens with zero attached hydrogens (tertiary/aromatic N) is 2. The van der Waals surface area contributed by atoms with Crippen LogP contribution in [0.1, 0.15) is 16.1 Å². The monoisotopic (exact) mass is 246 g/mol. The number of carbonyl (C=O) groups excluding carboxylic acids is 1. The molecule has 0 fully saturated rings. The molecule has 1 aromatic carbocycles. The molecule has 7 nitrogen and oxygen atoms in total. The largest absolute Gasteiger partial charge is 0.493 e. The number of hydrogen-bond donors (Lipinski definition) is 2. The maximum Gasteiger partial charge on any atom is 0.281 e. The van der Waals surface area contributed by atoms with E-state index < -0.39 is 5.91 Å². The second-order valence-electron chi connectivity index (χ2n) is 3.87. The molecule has 0 bridgehead atoms. The minimum atomic E-state index is -0.451. The van der Waals surface area contributed by atoms with E-state index in [4.69, 9.17) is 10.5 Å². The van der Waals surface area contributed by atoms with Crippen LogP contribution in [-0.2, 0) is 6.42 Å². The first-order valence-electron chi connectivity index (χ1n) is 5.39. The van der Waals surface area contributed by atoms with Gasteiger partial charge in [0.2, 0.25) is 11.5 Å². The minimum absolute atomic E-state index is 0.0215. The van der Waals surface area contributed by atoms with E-state index >= 15 is 0 Å². The van der Waals surface area contributed by atoms with Gasteiger partial charge in [0.05, 0.1) is 6.61 Å². The molecular weight excluding hydrogens is 236 g/mol. The minimum Gasteiger partial charge on any atom is -0.493 e. The third-order valence-electron chi connectivity index (χ3n) is 2.68. The lowest BCUT2D eigenvalue weighted by molar-refractivity contribution is 0.101. The number of benzene rings is 1. The Bertz CT molecular complexity index is 608. The summed E-state index contributed by atoms with van der Waals surface area (Å²) in [6.07, 6.45) is 0.840. The van der Waals surface area contributed by atoms with Crippen LogP contribution in [0.5, 0.6) is 5.75 Å². The van der Waals surface area contributed by atoms with Crippen molar-refractivity contribution in [2.24, 2.45) is 0 Å². The summed E-state index contributed by atoms with van der Waals surface area (Å²) in [5, 5.41) is 9.46. The van der Waals surface area contributed by atoms with Gasteiger partial charge >= 0.3 is 0 Å². The standard InChI is InChI=1S/C11H10N4O3/c12-10-9(14-18-15-10)11(16)13-7-1-2-8-6(5-7)3-4-17-8/h1-2,5H,3-4H2,(H2,12,15)(H,13,16). The molecule has 3 rings (SSSR count). The van der Waals surface area contributed by atoms with E-state index in [1.54, 1.807) is 6.07 Å². The Hall–Kier alpha value is -2.57. The van der Waals surface area contributed by atoms with E-state index in [0.29, 0.717) is 12.3 Å². The molecule has 18 heavy (non-hydrogen) atoms. The molecule has 3 N–H and O–H groups in total. The number of nitrogen functional groups attached to an aromatic ring is 1. The van der Waals surface area contributed by atoms with Gasteiger partial charge in [-0.15, -0.1) is 0 Å². The lowest BCUT2D eigenvalue weighted by atomic mass is 10.1. The molecule has 0 aliphatic carbocycles. The van der Waals surface area contributed by atoms with Gasteiger partial charge in [0, 0.05) is 12.1 Å². The average molecular weight is 246 g/mol. The number of amides is 1. The lowest BCUT2D eigenvalue weighted by Gasteiger charge is -2.05. The normalized spacial score (nSPS) is 12.9. The smallest absolute Gasteiger partial charge is 0.281 e. The molecule has 0 saturated carbocycles. The van der Waals surface area contributed by atoms with Crippen molar-refractivity contribution < 1.29 is 14.2 Å². The SMILES string of the molecule is Nc1nonc1C(=O)Nc1ccc2c(c1)CCO2. The molecule has 92 valence electrons. The molecule has 7 heteroatoms. The summed E-state index contributed by atoms with van der Waals surface area (Å²) < 4.78 is 9.75. The molecule has 2 aromatic rings. The van der Waals surface area contributed by atoms with Crippen LogP contribution in [0.3, 0.4) is 0 Å². The summed E-state index contributed by atoms with van der Waals surface area (Å²) in [6.45, 7) is 0.673. The Morgan fingerprint density at radius 2 is 2.28 bits per heavy atom. The number of fused-ring (bicyclic) bond motifs is 1. The number of ether oxygens (including phenoxy) is 1. The third-order valence-corrected chi connectivity index (χ3v) is 2.68. The zero-order valence-corrected chi connectivity index (χ0v) is 9.34. The number of aromatic nitrogens is 2. The fraction of sp³-hybridized carbons (Fsp3) is 0.182. The first-order chi connectivity index (χ1) is 8.74. The van der Waals surface area contributed by atoms with Crippen LogP contribution in [0.2, 0.25) is 0 Å². The molecule has 1 aliphatic rings. The molecule has 0 atom stereocenters. The number of hydrogen-bond acceptors (Lipinski definition) is 6.